The Bertz CT molecular complexity index is 935. The maximum Gasteiger partial charge on any atom is 0.416 e. The molecule has 2 heterocycles. The minimum Gasteiger partial charge on any atom is -0.386 e. The molecule has 0 aromatic heterocycles. The van der Waals surface area contributed by atoms with Crippen LogP contribution < -0.4 is 0 Å². The summed E-state index contributed by atoms with van der Waals surface area (Å²) in [6.07, 6.45) is 0.653. The third-order valence-corrected chi connectivity index (χ3v) is 6.79. The second-order valence-corrected chi connectivity index (χ2v) is 8.90. The average Bonchev–Trinajstić information content (AvgIpc) is 2.74. The molecular formula is C19H22F3N3O4S. The number of nitrogens with zero attached hydrogens (tertiary/aromatic N) is 3. The Morgan fingerprint density at radius 3 is 2.50 bits per heavy atom. The number of piperidine rings is 1. The summed E-state index contributed by atoms with van der Waals surface area (Å²) in [5, 5.41) is 3.93. The Hall–Kier alpha value is -2.40. The summed E-state index contributed by atoms with van der Waals surface area (Å²) >= 11 is 0. The summed E-state index contributed by atoms with van der Waals surface area (Å²) in [5.41, 5.74) is -0.401. The van der Waals surface area contributed by atoms with Crippen LogP contribution in [-0.4, -0.2) is 62.0 Å². The first kappa shape index (κ1) is 22.3. The van der Waals surface area contributed by atoms with Crippen LogP contribution in [-0.2, 0) is 25.8 Å². The number of alkyl halides is 3. The SMILES string of the molecule is O=C(CON=C1CCN(S(=O)(=O)c2cccc(C(F)(F)F)c2)CC1)N1CC=CCC1. The molecule has 11 heteroatoms. The molecule has 1 aromatic carbocycles. The number of carbonyl (C=O) groups is 1. The first-order valence-electron chi connectivity index (χ1n) is 9.46. The molecular weight excluding hydrogens is 423 g/mol. The van der Waals surface area contributed by atoms with Gasteiger partial charge in [0.15, 0.2) is 6.61 Å². The summed E-state index contributed by atoms with van der Waals surface area (Å²) in [7, 11) is -4.05. The summed E-state index contributed by atoms with van der Waals surface area (Å²) < 4.78 is 65.1. The van der Waals surface area contributed by atoms with E-state index in [1.807, 2.05) is 12.2 Å². The standard InChI is InChI=1S/C19H22F3N3O4S/c20-19(21,22)15-5-4-6-17(13-15)30(27,28)25-11-7-16(8-12-25)23-29-14-18(26)24-9-2-1-3-10-24/h1-2,4-6,13H,3,7-12,14H2. The van der Waals surface area contributed by atoms with E-state index in [1.54, 1.807) is 4.90 Å². The Balaban J connectivity index is 1.55. The highest BCUT2D eigenvalue weighted by molar-refractivity contribution is 7.89. The van der Waals surface area contributed by atoms with Gasteiger partial charge in [-0.15, -0.1) is 0 Å². The topological polar surface area (TPSA) is 79.3 Å². The van der Waals surface area contributed by atoms with E-state index in [-0.39, 0.29) is 38.4 Å². The molecule has 2 aliphatic heterocycles. The molecule has 0 aliphatic carbocycles. The van der Waals surface area contributed by atoms with Gasteiger partial charge >= 0.3 is 6.18 Å². The molecule has 1 fully saturated rings. The zero-order valence-electron chi connectivity index (χ0n) is 16.1. The lowest BCUT2D eigenvalue weighted by Crippen LogP contribution is -2.39. The Morgan fingerprint density at radius 2 is 1.87 bits per heavy atom. The van der Waals surface area contributed by atoms with Gasteiger partial charge in [-0.1, -0.05) is 23.4 Å². The van der Waals surface area contributed by atoms with Crippen LogP contribution in [0.2, 0.25) is 0 Å². The normalized spacial score (nSPS) is 18.4. The maximum atomic E-state index is 12.9. The van der Waals surface area contributed by atoms with Crippen molar-refractivity contribution in [1.29, 1.82) is 0 Å². The van der Waals surface area contributed by atoms with E-state index in [2.05, 4.69) is 5.16 Å². The zero-order valence-corrected chi connectivity index (χ0v) is 17.0. The Morgan fingerprint density at radius 1 is 1.13 bits per heavy atom. The molecule has 1 amide bonds. The molecule has 0 bridgehead atoms. The van der Waals surface area contributed by atoms with Crippen molar-refractivity contribution in [2.75, 3.05) is 32.8 Å². The van der Waals surface area contributed by atoms with Crippen molar-refractivity contribution in [3.63, 3.8) is 0 Å². The van der Waals surface area contributed by atoms with Gasteiger partial charge in [0.05, 0.1) is 16.2 Å². The van der Waals surface area contributed by atoms with Crippen LogP contribution in [0.25, 0.3) is 0 Å². The van der Waals surface area contributed by atoms with Crippen LogP contribution in [0.3, 0.4) is 0 Å². The van der Waals surface area contributed by atoms with Crippen molar-refractivity contribution in [3.8, 4) is 0 Å². The lowest BCUT2D eigenvalue weighted by molar-refractivity contribution is -0.138. The molecule has 0 atom stereocenters. The number of amides is 1. The zero-order chi connectivity index (χ0) is 21.8. The lowest BCUT2D eigenvalue weighted by atomic mass is 10.1. The number of benzene rings is 1. The predicted molar refractivity (Wildman–Crippen MR) is 103 cm³/mol. The smallest absolute Gasteiger partial charge is 0.386 e. The average molecular weight is 445 g/mol. The monoisotopic (exact) mass is 445 g/mol. The van der Waals surface area contributed by atoms with Gasteiger partial charge < -0.3 is 9.74 Å². The van der Waals surface area contributed by atoms with Crippen LogP contribution in [0.1, 0.15) is 24.8 Å². The minimum absolute atomic E-state index is 0.0750. The lowest BCUT2D eigenvalue weighted by Gasteiger charge is -2.27. The summed E-state index contributed by atoms with van der Waals surface area (Å²) in [6.45, 7) is 1.14. The van der Waals surface area contributed by atoms with Crippen molar-refractivity contribution in [1.82, 2.24) is 9.21 Å². The van der Waals surface area contributed by atoms with E-state index in [0.717, 1.165) is 28.9 Å². The molecule has 1 aromatic rings. The molecule has 1 saturated heterocycles. The molecule has 164 valence electrons. The summed E-state index contributed by atoms with van der Waals surface area (Å²) in [5.74, 6) is -0.173. The van der Waals surface area contributed by atoms with E-state index in [0.29, 0.717) is 24.9 Å². The van der Waals surface area contributed by atoms with Crippen LogP contribution >= 0.6 is 0 Å². The van der Waals surface area contributed by atoms with E-state index < -0.39 is 26.7 Å². The molecule has 0 unspecified atom stereocenters. The molecule has 2 aliphatic rings. The first-order chi connectivity index (χ1) is 14.2. The fourth-order valence-corrected chi connectivity index (χ4v) is 4.68. The minimum atomic E-state index is -4.62. The highest BCUT2D eigenvalue weighted by Gasteiger charge is 2.33. The molecule has 0 N–H and O–H groups in total. The number of rotatable bonds is 5. The van der Waals surface area contributed by atoms with Gasteiger partial charge in [-0.2, -0.15) is 17.5 Å². The number of oxime groups is 1. The van der Waals surface area contributed by atoms with Gasteiger partial charge in [-0.3, -0.25) is 4.79 Å². The molecule has 0 radical (unpaired) electrons. The number of hydrogen-bond donors (Lipinski definition) is 0. The number of sulfonamides is 1. The first-order valence-corrected chi connectivity index (χ1v) is 10.9. The molecule has 0 spiro atoms. The van der Waals surface area contributed by atoms with Gasteiger partial charge in [-0.25, -0.2) is 8.42 Å². The van der Waals surface area contributed by atoms with Crippen molar-refractivity contribution in [2.45, 2.75) is 30.3 Å². The fraction of sp³-hybridized carbons (Fsp3) is 0.474. The van der Waals surface area contributed by atoms with E-state index in [4.69, 9.17) is 4.84 Å². The van der Waals surface area contributed by atoms with Gasteiger partial charge in [0.25, 0.3) is 5.91 Å². The van der Waals surface area contributed by atoms with Crippen LogP contribution in [0, 0.1) is 0 Å². The van der Waals surface area contributed by atoms with Crippen molar-refractivity contribution < 1.29 is 31.2 Å². The predicted octanol–water partition coefficient (Wildman–Crippen LogP) is 2.65. The number of halogens is 3. The summed E-state index contributed by atoms with van der Waals surface area (Å²) in [6, 6.07) is 3.70. The second kappa shape index (κ2) is 9.17. The van der Waals surface area contributed by atoms with Crippen molar-refractivity contribution in [3.05, 3.63) is 42.0 Å². The second-order valence-electron chi connectivity index (χ2n) is 6.96. The van der Waals surface area contributed by atoms with Gasteiger partial charge in [0.1, 0.15) is 0 Å². The highest BCUT2D eigenvalue weighted by atomic mass is 32.2. The molecule has 7 nitrogen and oxygen atoms in total. The Labute approximate surface area is 172 Å². The number of hydrogen-bond acceptors (Lipinski definition) is 5. The quantitative estimate of drug-likeness (QED) is 0.516. The number of carbonyl (C=O) groups excluding carboxylic acids is 1. The summed E-state index contributed by atoms with van der Waals surface area (Å²) in [4.78, 5) is 18.4. The Kier molecular flexibility index (Phi) is 6.81. The van der Waals surface area contributed by atoms with Gasteiger partial charge in [0.2, 0.25) is 10.0 Å². The van der Waals surface area contributed by atoms with Crippen LogP contribution in [0.5, 0.6) is 0 Å². The van der Waals surface area contributed by atoms with E-state index >= 15 is 0 Å². The highest BCUT2D eigenvalue weighted by Crippen LogP contribution is 2.31. The maximum absolute atomic E-state index is 12.9. The fourth-order valence-electron chi connectivity index (χ4n) is 3.20. The van der Waals surface area contributed by atoms with Gasteiger partial charge in [-0.05, 0) is 24.6 Å². The van der Waals surface area contributed by atoms with Gasteiger partial charge in [0, 0.05) is 39.0 Å². The molecule has 0 saturated carbocycles. The van der Waals surface area contributed by atoms with Crippen molar-refractivity contribution in [2.24, 2.45) is 5.16 Å². The van der Waals surface area contributed by atoms with Crippen molar-refractivity contribution >= 4 is 21.6 Å². The van der Waals surface area contributed by atoms with E-state index in [1.165, 1.54) is 0 Å². The van der Waals surface area contributed by atoms with E-state index in [9.17, 15) is 26.4 Å². The van der Waals surface area contributed by atoms with Crippen LogP contribution in [0.15, 0.2) is 46.5 Å². The molecule has 3 rings (SSSR count). The third kappa shape index (κ3) is 5.39. The van der Waals surface area contributed by atoms with Crippen LogP contribution in [0.4, 0.5) is 13.2 Å². The molecule has 30 heavy (non-hydrogen) atoms. The third-order valence-electron chi connectivity index (χ3n) is 4.89. The largest absolute Gasteiger partial charge is 0.416 e.